The number of fused-ring (bicyclic) bond motifs is 1. The van der Waals surface area contributed by atoms with Gasteiger partial charge in [-0.1, -0.05) is 0 Å². The molecule has 1 fully saturated rings. The molecule has 0 amide bonds. The molecule has 0 saturated carbocycles. The number of halogens is 1. The zero-order chi connectivity index (χ0) is 20.1. The normalized spacial score (nSPS) is 17.9. The van der Waals surface area contributed by atoms with Crippen LogP contribution < -0.4 is 4.90 Å². The summed E-state index contributed by atoms with van der Waals surface area (Å²) >= 11 is 0. The van der Waals surface area contributed by atoms with Gasteiger partial charge in [0.05, 0.1) is 23.7 Å². The number of anilines is 1. The van der Waals surface area contributed by atoms with Gasteiger partial charge in [0.2, 0.25) is 10.0 Å². The van der Waals surface area contributed by atoms with E-state index in [0.29, 0.717) is 19.6 Å². The third-order valence-corrected chi connectivity index (χ3v) is 6.69. The molecule has 148 valence electrons. The second-order valence-electron chi connectivity index (χ2n) is 7.85. The third kappa shape index (κ3) is 3.38. The number of benzene rings is 2. The van der Waals surface area contributed by atoms with E-state index in [0.717, 1.165) is 22.3 Å². The van der Waals surface area contributed by atoms with Crippen LogP contribution in [-0.2, 0) is 10.0 Å². The molecule has 1 aliphatic rings. The molecule has 0 unspecified atom stereocenters. The topological polar surface area (TPSA) is 58.4 Å². The number of piperazine rings is 1. The Labute approximate surface area is 164 Å². The van der Waals surface area contributed by atoms with Crippen molar-refractivity contribution in [1.29, 1.82) is 0 Å². The average molecular weight is 402 g/mol. The van der Waals surface area contributed by atoms with Gasteiger partial charge in [-0.25, -0.2) is 17.5 Å². The van der Waals surface area contributed by atoms with E-state index < -0.39 is 15.6 Å². The number of hydrogen-bond acceptors (Lipinski definition) is 4. The van der Waals surface area contributed by atoms with Crippen LogP contribution in [0, 0.1) is 5.82 Å². The molecule has 1 aliphatic heterocycles. The Bertz CT molecular complexity index is 1120. The first kappa shape index (κ1) is 18.9. The van der Waals surface area contributed by atoms with E-state index in [-0.39, 0.29) is 5.82 Å². The molecule has 28 heavy (non-hydrogen) atoms. The quantitative estimate of drug-likeness (QED) is 0.676. The predicted molar refractivity (Wildman–Crippen MR) is 109 cm³/mol. The van der Waals surface area contributed by atoms with Crippen LogP contribution in [0.3, 0.4) is 0 Å². The molecule has 2 aromatic carbocycles. The highest BCUT2D eigenvalue weighted by Crippen LogP contribution is 2.30. The second kappa shape index (κ2) is 6.56. The van der Waals surface area contributed by atoms with Crippen LogP contribution in [0.1, 0.15) is 13.8 Å². The fourth-order valence-corrected chi connectivity index (χ4v) is 5.35. The molecule has 0 bridgehead atoms. The van der Waals surface area contributed by atoms with Gasteiger partial charge in [0.25, 0.3) is 0 Å². The highest BCUT2D eigenvalue weighted by atomic mass is 32.2. The first-order chi connectivity index (χ1) is 13.1. The zero-order valence-electron chi connectivity index (χ0n) is 16.1. The lowest BCUT2D eigenvalue weighted by molar-refractivity contribution is 0.206. The number of hydrogen-bond donors (Lipinski definition) is 0. The van der Waals surface area contributed by atoms with Crippen molar-refractivity contribution >= 4 is 26.6 Å². The van der Waals surface area contributed by atoms with E-state index in [1.165, 1.54) is 18.4 Å². The summed E-state index contributed by atoms with van der Waals surface area (Å²) in [5.41, 5.74) is 2.28. The van der Waals surface area contributed by atoms with Gasteiger partial charge in [-0.2, -0.15) is 9.40 Å². The van der Waals surface area contributed by atoms with Gasteiger partial charge >= 0.3 is 0 Å². The molecule has 0 aliphatic carbocycles. The van der Waals surface area contributed by atoms with Crippen molar-refractivity contribution in [1.82, 2.24) is 14.1 Å². The lowest BCUT2D eigenvalue weighted by Crippen LogP contribution is -2.60. The molecule has 0 N–H and O–H groups in total. The van der Waals surface area contributed by atoms with Gasteiger partial charge in [-0.15, -0.1) is 0 Å². The van der Waals surface area contributed by atoms with E-state index in [4.69, 9.17) is 0 Å². The van der Waals surface area contributed by atoms with Crippen molar-refractivity contribution in [2.75, 3.05) is 30.8 Å². The molecule has 0 atom stereocenters. The summed E-state index contributed by atoms with van der Waals surface area (Å²) in [5, 5.41) is 5.42. The summed E-state index contributed by atoms with van der Waals surface area (Å²) in [6, 6.07) is 12.3. The van der Waals surface area contributed by atoms with Crippen molar-refractivity contribution in [3.05, 3.63) is 54.5 Å². The van der Waals surface area contributed by atoms with Gasteiger partial charge in [0.15, 0.2) is 0 Å². The first-order valence-electron chi connectivity index (χ1n) is 9.12. The predicted octanol–water partition coefficient (Wildman–Crippen LogP) is 3.02. The van der Waals surface area contributed by atoms with Crippen molar-refractivity contribution in [2.45, 2.75) is 19.4 Å². The van der Waals surface area contributed by atoms with Gasteiger partial charge in [0, 0.05) is 36.2 Å². The minimum absolute atomic E-state index is 0.279. The first-order valence-corrected chi connectivity index (χ1v) is 11.0. The summed E-state index contributed by atoms with van der Waals surface area (Å²) in [7, 11) is -3.24. The lowest BCUT2D eigenvalue weighted by Gasteiger charge is -2.46. The summed E-state index contributed by atoms with van der Waals surface area (Å²) in [5.74, 6) is -0.279. The van der Waals surface area contributed by atoms with Crippen LogP contribution in [0.5, 0.6) is 0 Å². The van der Waals surface area contributed by atoms with Crippen LogP contribution in [0.4, 0.5) is 10.1 Å². The minimum atomic E-state index is -3.24. The molecule has 4 rings (SSSR count). The second-order valence-corrected chi connectivity index (χ2v) is 9.75. The molecular formula is C20H23FN4O2S. The van der Waals surface area contributed by atoms with Crippen molar-refractivity contribution in [3.8, 4) is 5.69 Å². The highest BCUT2D eigenvalue weighted by Gasteiger charge is 2.39. The lowest BCUT2D eigenvalue weighted by atomic mass is 10.0. The Hall–Kier alpha value is -2.45. The van der Waals surface area contributed by atoms with Gasteiger partial charge < -0.3 is 4.90 Å². The fourth-order valence-electron chi connectivity index (χ4n) is 3.98. The van der Waals surface area contributed by atoms with Gasteiger partial charge in [-0.05, 0) is 56.3 Å². The Kier molecular flexibility index (Phi) is 4.43. The number of aromatic nitrogens is 2. The van der Waals surface area contributed by atoms with E-state index in [2.05, 4.69) is 16.1 Å². The van der Waals surface area contributed by atoms with Crippen molar-refractivity contribution < 1.29 is 12.8 Å². The Morgan fingerprint density at radius 1 is 1.04 bits per heavy atom. The average Bonchev–Trinajstić information content (AvgIpc) is 3.03. The zero-order valence-corrected chi connectivity index (χ0v) is 16.9. The Morgan fingerprint density at radius 3 is 2.36 bits per heavy atom. The molecule has 2 heterocycles. The molecule has 1 aromatic heterocycles. The molecule has 1 saturated heterocycles. The number of sulfonamides is 1. The SMILES string of the molecule is CC1(C)CN(c2ccc3c(cnn3-c3ccc(F)cc3)c2)CCN1S(C)(=O)=O. The smallest absolute Gasteiger partial charge is 0.211 e. The molecule has 0 spiro atoms. The maximum atomic E-state index is 13.2. The maximum absolute atomic E-state index is 13.2. The molecule has 8 heteroatoms. The summed E-state index contributed by atoms with van der Waals surface area (Å²) in [6.45, 7) is 5.60. The Balaban J connectivity index is 1.64. The van der Waals surface area contributed by atoms with Crippen LogP contribution in [-0.4, -0.2) is 53.9 Å². The van der Waals surface area contributed by atoms with Crippen LogP contribution >= 0.6 is 0 Å². The van der Waals surface area contributed by atoms with Crippen LogP contribution in [0.15, 0.2) is 48.7 Å². The van der Waals surface area contributed by atoms with E-state index in [1.54, 1.807) is 27.3 Å². The highest BCUT2D eigenvalue weighted by molar-refractivity contribution is 7.88. The van der Waals surface area contributed by atoms with Crippen molar-refractivity contribution in [3.63, 3.8) is 0 Å². The molecule has 0 radical (unpaired) electrons. The van der Waals surface area contributed by atoms with Crippen LogP contribution in [0.25, 0.3) is 16.6 Å². The van der Waals surface area contributed by atoms with Gasteiger partial charge in [-0.3, -0.25) is 0 Å². The minimum Gasteiger partial charge on any atom is -0.368 e. The summed E-state index contributed by atoms with van der Waals surface area (Å²) in [4.78, 5) is 2.20. The van der Waals surface area contributed by atoms with Crippen molar-refractivity contribution in [2.24, 2.45) is 0 Å². The van der Waals surface area contributed by atoms with Gasteiger partial charge in [0.1, 0.15) is 5.82 Å². The van der Waals surface area contributed by atoms with E-state index >= 15 is 0 Å². The maximum Gasteiger partial charge on any atom is 0.211 e. The fraction of sp³-hybridized carbons (Fsp3) is 0.350. The molecule has 3 aromatic rings. The van der Waals surface area contributed by atoms with Crippen LogP contribution in [0.2, 0.25) is 0 Å². The number of rotatable bonds is 3. The number of nitrogens with zero attached hydrogens (tertiary/aromatic N) is 4. The monoisotopic (exact) mass is 402 g/mol. The standard InChI is InChI=1S/C20H23FN4O2S/c1-20(2)14-23(10-11-24(20)28(3,26)27)18-8-9-19-15(12-18)13-22-25(19)17-6-4-16(21)5-7-17/h4-9,12-13H,10-11,14H2,1-3H3. The third-order valence-electron chi connectivity index (χ3n) is 5.21. The Morgan fingerprint density at radius 2 is 1.71 bits per heavy atom. The summed E-state index contributed by atoms with van der Waals surface area (Å²) < 4.78 is 40.6. The molecule has 6 nitrogen and oxygen atoms in total. The van der Waals surface area contributed by atoms with E-state index in [9.17, 15) is 12.8 Å². The summed E-state index contributed by atoms with van der Waals surface area (Å²) in [6.07, 6.45) is 3.06. The van der Waals surface area contributed by atoms with E-state index in [1.807, 2.05) is 26.0 Å². The molecular weight excluding hydrogens is 379 g/mol. The largest absolute Gasteiger partial charge is 0.368 e.